The van der Waals surface area contributed by atoms with E-state index < -0.39 is 0 Å². The molecule has 0 bridgehead atoms. The van der Waals surface area contributed by atoms with Crippen LogP contribution in [-0.4, -0.2) is 10.4 Å². The van der Waals surface area contributed by atoms with Gasteiger partial charge >= 0.3 is 0 Å². The molecule has 0 amide bonds. The maximum atomic E-state index is 12.7. The molecule has 0 unspecified atom stereocenters. The number of hydrogen-bond donors (Lipinski definition) is 0. The van der Waals surface area contributed by atoms with Crippen LogP contribution in [-0.2, 0) is 13.5 Å². The van der Waals surface area contributed by atoms with E-state index >= 15 is 0 Å². The molecule has 2 aromatic rings. The molecule has 0 aliphatic rings. The molecule has 0 saturated carbocycles. The fraction of sp³-hybridized carbons (Fsp3) is 0.294. The Morgan fingerprint density at radius 1 is 1.25 bits per heavy atom. The first kappa shape index (κ1) is 14.1. The number of nitriles is 1. The van der Waals surface area contributed by atoms with Crippen molar-refractivity contribution in [1.82, 2.24) is 4.57 Å². The van der Waals surface area contributed by atoms with Gasteiger partial charge in [-0.25, -0.2) is 0 Å². The van der Waals surface area contributed by atoms with Crippen molar-refractivity contribution >= 4 is 5.78 Å². The molecule has 0 fully saturated rings. The van der Waals surface area contributed by atoms with Crippen LogP contribution in [0.3, 0.4) is 0 Å². The quantitative estimate of drug-likeness (QED) is 0.796. The van der Waals surface area contributed by atoms with Gasteiger partial charge in [-0.3, -0.25) is 4.79 Å². The van der Waals surface area contributed by atoms with Crippen molar-refractivity contribution in [2.45, 2.75) is 26.2 Å². The Morgan fingerprint density at radius 3 is 2.60 bits per heavy atom. The first-order valence-corrected chi connectivity index (χ1v) is 6.71. The molecule has 1 heterocycles. The summed E-state index contributed by atoms with van der Waals surface area (Å²) in [6.45, 7) is 4.16. The molecule has 102 valence electrons. The van der Waals surface area contributed by atoms with Crippen LogP contribution in [0.2, 0.25) is 0 Å². The molecule has 0 radical (unpaired) electrons. The Balaban J connectivity index is 2.45. The zero-order valence-electron chi connectivity index (χ0n) is 12.1. The van der Waals surface area contributed by atoms with E-state index in [1.54, 1.807) is 6.07 Å². The lowest BCUT2D eigenvalue weighted by Crippen LogP contribution is -2.11. The largest absolute Gasteiger partial charge is 0.344 e. The SMILES string of the molecule is CC(C)c1ccccc1C(=O)c1ccc(CC#N)n1C. The van der Waals surface area contributed by atoms with Crippen LogP contribution >= 0.6 is 0 Å². The van der Waals surface area contributed by atoms with Crippen molar-refractivity contribution in [1.29, 1.82) is 5.26 Å². The second kappa shape index (κ2) is 5.75. The van der Waals surface area contributed by atoms with Gasteiger partial charge in [-0.05, 0) is 23.6 Å². The maximum Gasteiger partial charge on any atom is 0.209 e. The molecular formula is C17H18N2O. The van der Waals surface area contributed by atoms with Crippen molar-refractivity contribution in [2.75, 3.05) is 0 Å². The van der Waals surface area contributed by atoms with E-state index in [4.69, 9.17) is 5.26 Å². The number of ketones is 1. The van der Waals surface area contributed by atoms with Gasteiger partial charge in [0.2, 0.25) is 5.78 Å². The van der Waals surface area contributed by atoms with Gasteiger partial charge in [-0.15, -0.1) is 0 Å². The van der Waals surface area contributed by atoms with E-state index in [9.17, 15) is 4.79 Å². The first-order valence-electron chi connectivity index (χ1n) is 6.71. The Kier molecular flexibility index (Phi) is 4.05. The van der Waals surface area contributed by atoms with Gasteiger partial charge < -0.3 is 4.57 Å². The highest BCUT2D eigenvalue weighted by Crippen LogP contribution is 2.22. The van der Waals surface area contributed by atoms with Crippen LogP contribution in [0.1, 0.15) is 47.1 Å². The summed E-state index contributed by atoms with van der Waals surface area (Å²) in [6.07, 6.45) is 0.315. The van der Waals surface area contributed by atoms with Gasteiger partial charge in [0.05, 0.1) is 18.2 Å². The zero-order valence-corrected chi connectivity index (χ0v) is 12.1. The van der Waals surface area contributed by atoms with Crippen LogP contribution in [0.4, 0.5) is 0 Å². The van der Waals surface area contributed by atoms with Crippen LogP contribution in [0.5, 0.6) is 0 Å². The normalized spacial score (nSPS) is 10.6. The Labute approximate surface area is 119 Å². The average Bonchev–Trinajstić information content (AvgIpc) is 2.80. The molecule has 3 nitrogen and oxygen atoms in total. The summed E-state index contributed by atoms with van der Waals surface area (Å²) in [4.78, 5) is 12.7. The minimum Gasteiger partial charge on any atom is -0.344 e. The number of carbonyl (C=O) groups is 1. The predicted octanol–water partition coefficient (Wildman–Crippen LogP) is 3.45. The number of aromatic nitrogens is 1. The minimum absolute atomic E-state index is 0.0148. The third kappa shape index (κ3) is 2.50. The number of nitrogens with zero attached hydrogens (tertiary/aromatic N) is 2. The van der Waals surface area contributed by atoms with Crippen molar-refractivity contribution in [3.63, 3.8) is 0 Å². The zero-order chi connectivity index (χ0) is 14.7. The molecule has 0 atom stereocenters. The molecule has 0 saturated heterocycles. The third-order valence-corrected chi connectivity index (χ3v) is 3.55. The predicted molar refractivity (Wildman–Crippen MR) is 78.7 cm³/mol. The summed E-state index contributed by atoms with van der Waals surface area (Å²) in [5.74, 6) is 0.315. The summed E-state index contributed by atoms with van der Waals surface area (Å²) in [5, 5.41) is 8.78. The van der Waals surface area contributed by atoms with Crippen molar-refractivity contribution in [3.05, 3.63) is 58.9 Å². The lowest BCUT2D eigenvalue weighted by atomic mass is 9.94. The summed E-state index contributed by atoms with van der Waals surface area (Å²) >= 11 is 0. The summed E-state index contributed by atoms with van der Waals surface area (Å²) in [5.41, 5.74) is 3.29. The summed E-state index contributed by atoms with van der Waals surface area (Å²) < 4.78 is 1.81. The van der Waals surface area contributed by atoms with Crippen molar-refractivity contribution < 1.29 is 4.79 Å². The van der Waals surface area contributed by atoms with Crippen LogP contribution in [0, 0.1) is 11.3 Å². The molecule has 0 spiro atoms. The lowest BCUT2D eigenvalue weighted by Gasteiger charge is -2.12. The van der Waals surface area contributed by atoms with Gasteiger partial charge in [-0.1, -0.05) is 38.1 Å². The van der Waals surface area contributed by atoms with Gasteiger partial charge in [-0.2, -0.15) is 5.26 Å². The molecular weight excluding hydrogens is 248 g/mol. The third-order valence-electron chi connectivity index (χ3n) is 3.55. The second-order valence-corrected chi connectivity index (χ2v) is 5.17. The van der Waals surface area contributed by atoms with Crippen LogP contribution in [0.15, 0.2) is 36.4 Å². The average molecular weight is 266 g/mol. The summed E-state index contributed by atoms with van der Waals surface area (Å²) in [6, 6.07) is 13.5. The van der Waals surface area contributed by atoms with E-state index in [0.717, 1.165) is 16.8 Å². The Morgan fingerprint density at radius 2 is 1.95 bits per heavy atom. The monoisotopic (exact) mass is 266 g/mol. The number of rotatable bonds is 4. The highest BCUT2D eigenvalue weighted by Gasteiger charge is 2.18. The number of hydrogen-bond acceptors (Lipinski definition) is 2. The highest BCUT2D eigenvalue weighted by molar-refractivity contribution is 6.09. The van der Waals surface area contributed by atoms with Crippen LogP contribution < -0.4 is 0 Å². The molecule has 1 aromatic heterocycles. The van der Waals surface area contributed by atoms with Crippen molar-refractivity contribution in [3.8, 4) is 6.07 Å². The minimum atomic E-state index is 0.0148. The molecule has 0 aliphatic carbocycles. The second-order valence-electron chi connectivity index (χ2n) is 5.17. The Bertz CT molecular complexity index is 675. The molecule has 20 heavy (non-hydrogen) atoms. The Hall–Kier alpha value is -2.34. The smallest absolute Gasteiger partial charge is 0.209 e. The first-order chi connectivity index (χ1) is 9.56. The molecule has 2 rings (SSSR count). The number of benzene rings is 1. The summed E-state index contributed by atoms with van der Waals surface area (Å²) in [7, 11) is 1.83. The van der Waals surface area contributed by atoms with E-state index in [2.05, 4.69) is 19.9 Å². The molecule has 3 heteroatoms. The fourth-order valence-electron chi connectivity index (χ4n) is 2.39. The maximum absolute atomic E-state index is 12.7. The number of carbonyl (C=O) groups excluding carboxylic acids is 1. The van der Waals surface area contributed by atoms with E-state index in [0.29, 0.717) is 18.0 Å². The van der Waals surface area contributed by atoms with Crippen molar-refractivity contribution in [2.24, 2.45) is 7.05 Å². The van der Waals surface area contributed by atoms with Gasteiger partial charge in [0.25, 0.3) is 0 Å². The van der Waals surface area contributed by atoms with Gasteiger partial charge in [0.1, 0.15) is 0 Å². The molecule has 1 aromatic carbocycles. The lowest BCUT2D eigenvalue weighted by molar-refractivity contribution is 0.103. The molecule has 0 aliphatic heterocycles. The van der Waals surface area contributed by atoms with E-state index in [-0.39, 0.29) is 5.78 Å². The van der Waals surface area contributed by atoms with Gasteiger partial charge in [0.15, 0.2) is 0 Å². The fourth-order valence-corrected chi connectivity index (χ4v) is 2.39. The highest BCUT2D eigenvalue weighted by atomic mass is 16.1. The van der Waals surface area contributed by atoms with E-state index in [1.807, 2.05) is 41.9 Å². The molecule has 0 N–H and O–H groups in total. The van der Waals surface area contributed by atoms with Crippen LogP contribution in [0.25, 0.3) is 0 Å². The van der Waals surface area contributed by atoms with E-state index in [1.165, 1.54) is 0 Å². The standard InChI is InChI=1S/C17H18N2O/c1-12(2)14-6-4-5-7-15(14)17(20)16-9-8-13(10-11-18)19(16)3/h4-9,12H,10H2,1-3H3. The topological polar surface area (TPSA) is 45.8 Å². The van der Waals surface area contributed by atoms with Gasteiger partial charge in [0, 0.05) is 18.3 Å².